The average Bonchev–Trinajstić information content (AvgIpc) is 2.77. The third-order valence-corrected chi connectivity index (χ3v) is 2.59. The van der Waals surface area contributed by atoms with Crippen molar-refractivity contribution in [3.05, 3.63) is 23.8 Å². The van der Waals surface area contributed by atoms with E-state index in [0.29, 0.717) is 13.2 Å². The van der Waals surface area contributed by atoms with Crippen molar-refractivity contribution in [2.24, 2.45) is 5.73 Å². The van der Waals surface area contributed by atoms with E-state index in [1.807, 2.05) is 18.2 Å². The van der Waals surface area contributed by atoms with Gasteiger partial charge < -0.3 is 24.7 Å². The molecule has 16 heavy (non-hydrogen) atoms. The maximum atomic E-state index is 5.67. The van der Waals surface area contributed by atoms with E-state index < -0.39 is 0 Å². The molecule has 3 rings (SSSR count). The Hall–Kier alpha value is -1.30. The van der Waals surface area contributed by atoms with Crippen LogP contribution in [0.2, 0.25) is 0 Å². The maximum Gasteiger partial charge on any atom is 0.231 e. The van der Waals surface area contributed by atoms with E-state index in [4.69, 9.17) is 24.7 Å². The zero-order chi connectivity index (χ0) is 11.0. The first-order chi connectivity index (χ1) is 7.83. The Kier molecular flexibility index (Phi) is 2.43. The number of hydrogen-bond acceptors (Lipinski definition) is 5. The van der Waals surface area contributed by atoms with Gasteiger partial charge in [-0.1, -0.05) is 0 Å². The predicted octanol–water partition coefficient (Wildman–Crippen LogP) is 0.788. The minimum absolute atomic E-state index is 0.0368. The van der Waals surface area contributed by atoms with Gasteiger partial charge in [0.15, 0.2) is 17.8 Å². The first-order valence-corrected chi connectivity index (χ1v) is 5.21. The minimum atomic E-state index is -0.353. The monoisotopic (exact) mass is 223 g/mol. The Morgan fingerprint density at radius 2 is 1.81 bits per heavy atom. The number of benzene rings is 1. The molecule has 86 valence electrons. The molecule has 5 heteroatoms. The highest BCUT2D eigenvalue weighted by atomic mass is 16.7. The van der Waals surface area contributed by atoms with Crippen LogP contribution in [0, 0.1) is 0 Å². The second kappa shape index (κ2) is 3.93. The average molecular weight is 223 g/mol. The van der Waals surface area contributed by atoms with Crippen LogP contribution >= 0.6 is 0 Å². The molecular weight excluding hydrogens is 210 g/mol. The van der Waals surface area contributed by atoms with E-state index in [-0.39, 0.29) is 19.1 Å². The van der Waals surface area contributed by atoms with Crippen LogP contribution in [-0.4, -0.2) is 26.0 Å². The molecule has 5 nitrogen and oxygen atoms in total. The third-order valence-electron chi connectivity index (χ3n) is 2.59. The molecule has 0 spiro atoms. The SMILES string of the molecule is NC1COC(c2ccc3c(c2)OCO3)OC1. The summed E-state index contributed by atoms with van der Waals surface area (Å²) in [7, 11) is 0. The molecule has 0 atom stereocenters. The van der Waals surface area contributed by atoms with Crippen LogP contribution in [0.1, 0.15) is 11.9 Å². The van der Waals surface area contributed by atoms with E-state index in [0.717, 1.165) is 17.1 Å². The molecule has 2 aliphatic heterocycles. The van der Waals surface area contributed by atoms with Gasteiger partial charge in [-0.15, -0.1) is 0 Å². The molecule has 2 heterocycles. The predicted molar refractivity (Wildman–Crippen MR) is 55.2 cm³/mol. The molecule has 0 aliphatic carbocycles. The van der Waals surface area contributed by atoms with Gasteiger partial charge in [0.1, 0.15) is 0 Å². The summed E-state index contributed by atoms with van der Waals surface area (Å²) in [6, 6.07) is 5.61. The summed E-state index contributed by atoms with van der Waals surface area (Å²) in [4.78, 5) is 0. The molecule has 0 radical (unpaired) electrons. The Labute approximate surface area is 93.0 Å². The fraction of sp³-hybridized carbons (Fsp3) is 0.455. The van der Waals surface area contributed by atoms with Gasteiger partial charge in [-0.25, -0.2) is 0 Å². The number of hydrogen-bond donors (Lipinski definition) is 1. The van der Waals surface area contributed by atoms with Crippen LogP contribution < -0.4 is 15.2 Å². The lowest BCUT2D eigenvalue weighted by molar-refractivity contribution is -0.189. The standard InChI is InChI=1S/C11H13NO4/c12-8-4-13-11(14-5-8)7-1-2-9-10(3-7)16-6-15-9/h1-3,8,11H,4-6,12H2. The second-order valence-electron chi connectivity index (χ2n) is 3.87. The summed E-state index contributed by atoms with van der Waals surface area (Å²) in [6.07, 6.45) is -0.353. The Bertz CT molecular complexity index is 388. The normalized spacial score (nSPS) is 28.1. The van der Waals surface area contributed by atoms with Crippen molar-refractivity contribution in [3.8, 4) is 11.5 Å². The molecule has 1 fully saturated rings. The lowest BCUT2D eigenvalue weighted by atomic mass is 10.2. The number of ether oxygens (including phenoxy) is 4. The van der Waals surface area contributed by atoms with E-state index in [1.165, 1.54) is 0 Å². The van der Waals surface area contributed by atoms with Gasteiger partial charge in [-0.05, 0) is 18.2 Å². The van der Waals surface area contributed by atoms with Crippen LogP contribution in [0.3, 0.4) is 0 Å². The van der Waals surface area contributed by atoms with Crippen LogP contribution in [0.5, 0.6) is 11.5 Å². The highest BCUT2D eigenvalue weighted by Gasteiger charge is 2.23. The summed E-state index contributed by atoms with van der Waals surface area (Å²) in [6.45, 7) is 1.30. The molecule has 2 aliphatic rings. The lowest BCUT2D eigenvalue weighted by Gasteiger charge is -2.27. The molecule has 1 aromatic carbocycles. The molecule has 1 aromatic rings. The Morgan fingerprint density at radius 1 is 1.06 bits per heavy atom. The fourth-order valence-corrected chi connectivity index (χ4v) is 1.77. The quantitative estimate of drug-likeness (QED) is 0.762. The summed E-state index contributed by atoms with van der Waals surface area (Å²) < 4.78 is 21.5. The molecular formula is C11H13NO4. The zero-order valence-corrected chi connectivity index (χ0v) is 8.72. The summed E-state index contributed by atoms with van der Waals surface area (Å²) in [5, 5.41) is 0. The van der Waals surface area contributed by atoms with Gasteiger partial charge >= 0.3 is 0 Å². The van der Waals surface area contributed by atoms with Crippen molar-refractivity contribution in [1.29, 1.82) is 0 Å². The van der Waals surface area contributed by atoms with Gasteiger partial charge in [0.25, 0.3) is 0 Å². The lowest BCUT2D eigenvalue weighted by Crippen LogP contribution is -2.37. The fourth-order valence-electron chi connectivity index (χ4n) is 1.77. The van der Waals surface area contributed by atoms with Gasteiger partial charge in [0.2, 0.25) is 6.79 Å². The van der Waals surface area contributed by atoms with Crippen LogP contribution in [-0.2, 0) is 9.47 Å². The molecule has 0 unspecified atom stereocenters. The van der Waals surface area contributed by atoms with Crippen molar-refractivity contribution in [1.82, 2.24) is 0 Å². The first kappa shape index (κ1) is 9.89. The Morgan fingerprint density at radius 3 is 2.62 bits per heavy atom. The second-order valence-corrected chi connectivity index (χ2v) is 3.87. The topological polar surface area (TPSA) is 62.9 Å². The van der Waals surface area contributed by atoms with Gasteiger partial charge in [0, 0.05) is 5.56 Å². The van der Waals surface area contributed by atoms with Crippen LogP contribution in [0.15, 0.2) is 18.2 Å². The highest BCUT2D eigenvalue weighted by Crippen LogP contribution is 2.35. The molecule has 0 amide bonds. The van der Waals surface area contributed by atoms with E-state index >= 15 is 0 Å². The van der Waals surface area contributed by atoms with Gasteiger partial charge in [0.05, 0.1) is 19.3 Å². The van der Waals surface area contributed by atoms with Gasteiger partial charge in [-0.2, -0.15) is 0 Å². The van der Waals surface area contributed by atoms with Crippen molar-refractivity contribution in [2.45, 2.75) is 12.3 Å². The van der Waals surface area contributed by atoms with E-state index in [2.05, 4.69) is 0 Å². The molecule has 0 bridgehead atoms. The van der Waals surface area contributed by atoms with Crippen molar-refractivity contribution >= 4 is 0 Å². The number of nitrogens with two attached hydrogens (primary N) is 1. The molecule has 2 N–H and O–H groups in total. The third kappa shape index (κ3) is 1.73. The van der Waals surface area contributed by atoms with Crippen molar-refractivity contribution in [2.75, 3.05) is 20.0 Å². The summed E-state index contributed by atoms with van der Waals surface area (Å²) in [5.74, 6) is 1.50. The number of fused-ring (bicyclic) bond motifs is 1. The van der Waals surface area contributed by atoms with Crippen LogP contribution in [0.4, 0.5) is 0 Å². The maximum absolute atomic E-state index is 5.67. The van der Waals surface area contributed by atoms with E-state index in [1.54, 1.807) is 0 Å². The smallest absolute Gasteiger partial charge is 0.231 e. The van der Waals surface area contributed by atoms with E-state index in [9.17, 15) is 0 Å². The summed E-state index contributed by atoms with van der Waals surface area (Å²) in [5.41, 5.74) is 6.60. The number of rotatable bonds is 1. The minimum Gasteiger partial charge on any atom is -0.454 e. The highest BCUT2D eigenvalue weighted by molar-refractivity contribution is 5.44. The largest absolute Gasteiger partial charge is 0.454 e. The summed E-state index contributed by atoms with van der Waals surface area (Å²) >= 11 is 0. The molecule has 0 aromatic heterocycles. The molecule has 1 saturated heterocycles. The Balaban J connectivity index is 1.79. The molecule has 0 saturated carbocycles. The van der Waals surface area contributed by atoms with Crippen molar-refractivity contribution < 1.29 is 18.9 Å². The van der Waals surface area contributed by atoms with Crippen molar-refractivity contribution in [3.63, 3.8) is 0 Å². The zero-order valence-electron chi connectivity index (χ0n) is 8.72. The first-order valence-electron chi connectivity index (χ1n) is 5.21. The van der Waals surface area contributed by atoms with Crippen LogP contribution in [0.25, 0.3) is 0 Å². The van der Waals surface area contributed by atoms with Gasteiger partial charge in [-0.3, -0.25) is 0 Å².